The van der Waals surface area contributed by atoms with Crippen molar-refractivity contribution in [1.29, 1.82) is 0 Å². The zero-order valence-corrected chi connectivity index (χ0v) is 18.3. The molecule has 0 saturated carbocycles. The van der Waals surface area contributed by atoms with E-state index in [0.29, 0.717) is 28.5 Å². The number of rotatable bonds is 7. The lowest BCUT2D eigenvalue weighted by Crippen LogP contribution is -2.22. The van der Waals surface area contributed by atoms with Crippen LogP contribution in [0, 0.1) is 13.8 Å². The van der Waals surface area contributed by atoms with E-state index >= 15 is 0 Å². The van der Waals surface area contributed by atoms with E-state index in [0.717, 1.165) is 25.1 Å². The monoisotopic (exact) mass is 420 g/mol. The summed E-state index contributed by atoms with van der Waals surface area (Å²) >= 11 is 0. The summed E-state index contributed by atoms with van der Waals surface area (Å²) in [7, 11) is 1.23. The quantitative estimate of drug-likeness (QED) is 0.741. The predicted octanol–water partition coefficient (Wildman–Crippen LogP) is 3.20. The number of likely N-dealkylation sites (tertiary alicyclic amines) is 1. The lowest BCUT2D eigenvalue weighted by Gasteiger charge is -2.18. The second-order valence-electron chi connectivity index (χ2n) is 7.35. The van der Waals surface area contributed by atoms with Crippen molar-refractivity contribution in [1.82, 2.24) is 4.90 Å². The van der Waals surface area contributed by atoms with E-state index in [1.165, 1.54) is 20.3 Å². The van der Waals surface area contributed by atoms with Gasteiger partial charge in [0.15, 0.2) is 11.5 Å². The number of likely N-dealkylation sites (N-methyl/N-ethyl adjacent to an activating group) is 1. The highest BCUT2D eigenvalue weighted by Crippen LogP contribution is 2.34. The lowest BCUT2D eigenvalue weighted by atomic mass is 10.2. The molecule has 0 bridgehead atoms. The molecule has 0 radical (unpaired) electrons. The summed E-state index contributed by atoms with van der Waals surface area (Å²) in [5.74, 6) is 1.53. The van der Waals surface area contributed by atoms with E-state index in [1.54, 1.807) is 25.1 Å². The highest BCUT2D eigenvalue weighted by atomic mass is 32.2. The molecule has 2 aromatic carbocycles. The molecule has 158 valence electrons. The number of anilines is 1. The van der Waals surface area contributed by atoms with E-state index in [1.807, 2.05) is 13.0 Å². The summed E-state index contributed by atoms with van der Waals surface area (Å²) in [5, 5.41) is 0. The standard InChI is InChI=1S/C21H28N2O5S/c1-14-6-7-16(11-18(14)28-17-8-9-23(3)13-17)22-29(24,25)21-12-20(27-5)19(26-4)10-15(21)2/h6-7,10-12,17,22H,8-9,13H2,1-5H3. The van der Waals surface area contributed by atoms with Crippen molar-refractivity contribution in [3.8, 4) is 17.2 Å². The Morgan fingerprint density at radius 3 is 2.31 bits per heavy atom. The first-order valence-corrected chi connectivity index (χ1v) is 10.9. The first-order valence-electron chi connectivity index (χ1n) is 9.45. The van der Waals surface area contributed by atoms with Crippen LogP contribution in [0.3, 0.4) is 0 Å². The third-order valence-corrected chi connectivity index (χ3v) is 6.58. The topological polar surface area (TPSA) is 77.1 Å². The minimum absolute atomic E-state index is 0.110. The van der Waals surface area contributed by atoms with Gasteiger partial charge in [-0.3, -0.25) is 4.72 Å². The normalized spacial score (nSPS) is 17.2. The van der Waals surface area contributed by atoms with Crippen LogP contribution in [0.25, 0.3) is 0 Å². The molecule has 1 aliphatic heterocycles. The Hall–Kier alpha value is -2.45. The maximum atomic E-state index is 13.0. The molecule has 1 heterocycles. The van der Waals surface area contributed by atoms with Gasteiger partial charge in [0.25, 0.3) is 10.0 Å². The van der Waals surface area contributed by atoms with Crippen molar-refractivity contribution in [2.75, 3.05) is 39.1 Å². The number of sulfonamides is 1. The first-order chi connectivity index (χ1) is 13.7. The minimum atomic E-state index is -3.82. The van der Waals surface area contributed by atoms with E-state index in [4.69, 9.17) is 14.2 Å². The van der Waals surface area contributed by atoms with Gasteiger partial charge in [-0.05, 0) is 50.6 Å². The first kappa shape index (κ1) is 21.3. The number of aryl methyl sites for hydroxylation is 2. The van der Waals surface area contributed by atoms with Gasteiger partial charge >= 0.3 is 0 Å². The van der Waals surface area contributed by atoms with Crippen LogP contribution in [-0.4, -0.2) is 53.8 Å². The molecule has 0 amide bonds. The van der Waals surface area contributed by atoms with Crippen molar-refractivity contribution in [3.63, 3.8) is 0 Å². The van der Waals surface area contributed by atoms with Gasteiger partial charge in [-0.25, -0.2) is 8.42 Å². The van der Waals surface area contributed by atoms with Crippen molar-refractivity contribution in [2.45, 2.75) is 31.3 Å². The Bertz CT molecular complexity index is 991. The fourth-order valence-electron chi connectivity index (χ4n) is 3.42. The Morgan fingerprint density at radius 2 is 1.69 bits per heavy atom. The maximum absolute atomic E-state index is 13.0. The second-order valence-corrected chi connectivity index (χ2v) is 9.00. The van der Waals surface area contributed by atoms with Gasteiger partial charge in [-0.2, -0.15) is 0 Å². The molecule has 1 N–H and O–H groups in total. The number of hydrogen-bond donors (Lipinski definition) is 1. The molecule has 0 aliphatic carbocycles. The van der Waals surface area contributed by atoms with Crippen LogP contribution in [0.15, 0.2) is 35.2 Å². The lowest BCUT2D eigenvalue weighted by molar-refractivity contribution is 0.207. The van der Waals surface area contributed by atoms with Gasteiger partial charge in [-0.15, -0.1) is 0 Å². The Kier molecular flexibility index (Phi) is 6.24. The molecule has 2 aromatic rings. The Labute approximate surface area is 172 Å². The number of ether oxygens (including phenoxy) is 3. The predicted molar refractivity (Wildman–Crippen MR) is 113 cm³/mol. The van der Waals surface area contributed by atoms with Gasteiger partial charge in [0, 0.05) is 25.2 Å². The second kappa shape index (κ2) is 8.51. The summed E-state index contributed by atoms with van der Waals surface area (Å²) in [4.78, 5) is 2.35. The number of hydrogen-bond acceptors (Lipinski definition) is 6. The third-order valence-electron chi connectivity index (χ3n) is 5.05. The van der Waals surface area contributed by atoms with Gasteiger partial charge in [-0.1, -0.05) is 6.07 Å². The molecule has 7 nitrogen and oxygen atoms in total. The summed E-state index contributed by atoms with van der Waals surface area (Å²) in [6.45, 7) is 5.52. The van der Waals surface area contributed by atoms with E-state index in [9.17, 15) is 8.42 Å². The van der Waals surface area contributed by atoms with Crippen LogP contribution in [-0.2, 0) is 10.0 Å². The molecule has 1 unspecified atom stereocenters. The highest BCUT2D eigenvalue weighted by molar-refractivity contribution is 7.92. The van der Waals surface area contributed by atoms with Crippen molar-refractivity contribution < 1.29 is 22.6 Å². The zero-order valence-electron chi connectivity index (χ0n) is 17.5. The minimum Gasteiger partial charge on any atom is -0.493 e. The molecule has 0 spiro atoms. The molecule has 1 aliphatic rings. The van der Waals surface area contributed by atoms with Crippen LogP contribution in [0.4, 0.5) is 5.69 Å². The summed E-state index contributed by atoms with van der Waals surface area (Å²) in [6.07, 6.45) is 1.06. The van der Waals surface area contributed by atoms with Gasteiger partial charge in [0.2, 0.25) is 0 Å². The van der Waals surface area contributed by atoms with Crippen molar-refractivity contribution in [2.24, 2.45) is 0 Å². The number of nitrogens with zero attached hydrogens (tertiary/aromatic N) is 1. The van der Waals surface area contributed by atoms with Crippen molar-refractivity contribution >= 4 is 15.7 Å². The smallest absolute Gasteiger partial charge is 0.262 e. The van der Waals surface area contributed by atoms with Crippen molar-refractivity contribution in [3.05, 3.63) is 41.5 Å². The van der Waals surface area contributed by atoms with Crippen LogP contribution in [0.1, 0.15) is 17.5 Å². The molecule has 3 rings (SSSR count). The Balaban J connectivity index is 1.86. The fraction of sp³-hybridized carbons (Fsp3) is 0.429. The average Bonchev–Trinajstić information content (AvgIpc) is 3.08. The highest BCUT2D eigenvalue weighted by Gasteiger charge is 2.23. The van der Waals surface area contributed by atoms with Gasteiger partial charge in [0.1, 0.15) is 11.9 Å². The van der Waals surface area contributed by atoms with E-state index in [2.05, 4.69) is 16.7 Å². The summed E-state index contributed by atoms with van der Waals surface area (Å²) in [6, 6.07) is 8.44. The molecular weight excluding hydrogens is 392 g/mol. The summed E-state index contributed by atoms with van der Waals surface area (Å²) < 4.78 is 45.3. The average molecular weight is 421 g/mol. The molecule has 1 atom stereocenters. The maximum Gasteiger partial charge on any atom is 0.262 e. The SMILES string of the molecule is COc1cc(C)c(S(=O)(=O)Nc2ccc(C)c(OC3CCN(C)C3)c2)cc1OC. The van der Waals surface area contributed by atoms with Gasteiger partial charge in [0.05, 0.1) is 24.8 Å². The summed E-state index contributed by atoms with van der Waals surface area (Å²) in [5.41, 5.74) is 1.98. The third kappa shape index (κ3) is 4.76. The van der Waals surface area contributed by atoms with E-state index in [-0.39, 0.29) is 11.0 Å². The van der Waals surface area contributed by atoms with Crippen LogP contribution >= 0.6 is 0 Å². The molecule has 0 aromatic heterocycles. The molecule has 29 heavy (non-hydrogen) atoms. The van der Waals surface area contributed by atoms with Gasteiger partial charge < -0.3 is 19.1 Å². The number of benzene rings is 2. The Morgan fingerprint density at radius 1 is 1.00 bits per heavy atom. The zero-order chi connectivity index (χ0) is 21.2. The number of nitrogens with one attached hydrogen (secondary N) is 1. The fourth-order valence-corrected chi connectivity index (χ4v) is 4.71. The number of methoxy groups -OCH3 is 2. The van der Waals surface area contributed by atoms with E-state index < -0.39 is 10.0 Å². The van der Waals surface area contributed by atoms with Crippen LogP contribution in [0.5, 0.6) is 17.2 Å². The molecule has 1 saturated heterocycles. The van der Waals surface area contributed by atoms with Crippen LogP contribution in [0.2, 0.25) is 0 Å². The van der Waals surface area contributed by atoms with Crippen LogP contribution < -0.4 is 18.9 Å². The molecule has 8 heteroatoms. The molecule has 1 fully saturated rings. The largest absolute Gasteiger partial charge is 0.493 e. The molecular formula is C21H28N2O5S.